The molecule has 2 nitrogen and oxygen atoms in total. The topological polar surface area (TPSA) is 38.9 Å². The van der Waals surface area contributed by atoms with Gasteiger partial charge < -0.3 is 5.73 Å². The van der Waals surface area contributed by atoms with Gasteiger partial charge in [-0.1, -0.05) is 5.92 Å². The van der Waals surface area contributed by atoms with Gasteiger partial charge in [0.1, 0.15) is 5.69 Å². The molecule has 1 heterocycles. The quantitative estimate of drug-likeness (QED) is 0.587. The van der Waals surface area contributed by atoms with Crippen LogP contribution in [0.15, 0.2) is 5.38 Å². The highest BCUT2D eigenvalue weighted by Gasteiger charge is 1.91. The molecule has 1 aromatic rings. The highest BCUT2D eigenvalue weighted by molar-refractivity contribution is 7.09. The summed E-state index contributed by atoms with van der Waals surface area (Å²) in [4.78, 5) is 4.17. The van der Waals surface area contributed by atoms with Crippen LogP contribution in [-0.2, 0) is 0 Å². The molecule has 0 radical (unpaired) electrons. The van der Waals surface area contributed by atoms with Crippen LogP contribution in [0, 0.1) is 18.8 Å². The van der Waals surface area contributed by atoms with E-state index in [0.717, 1.165) is 10.7 Å². The maximum Gasteiger partial charge on any atom is 0.124 e. The van der Waals surface area contributed by atoms with Gasteiger partial charge in [-0.3, -0.25) is 0 Å². The number of aryl methyl sites for hydroxylation is 1. The highest BCUT2D eigenvalue weighted by atomic mass is 32.1. The smallest absolute Gasteiger partial charge is 0.124 e. The zero-order chi connectivity index (χ0) is 8.27. The Bertz CT molecular complexity index is 291. The molecule has 0 aromatic carbocycles. The van der Waals surface area contributed by atoms with Gasteiger partial charge in [0.15, 0.2) is 0 Å². The fraction of sp³-hybridized carbons (Fsp3) is 0.375. The van der Waals surface area contributed by atoms with Gasteiger partial charge >= 0.3 is 0 Å². The number of thiazole rings is 1. The average molecular weight is 166 g/mol. The van der Waals surface area contributed by atoms with Gasteiger partial charge in [-0.15, -0.1) is 11.3 Å². The van der Waals surface area contributed by atoms with Crippen molar-refractivity contribution >= 4 is 11.3 Å². The standard InChI is InChI=1S/C8H10N2S/c1-6(9)3-4-8-5-11-7(2)10-8/h5-6H,9H2,1-2H3. The van der Waals surface area contributed by atoms with Crippen molar-refractivity contribution in [3.05, 3.63) is 16.1 Å². The summed E-state index contributed by atoms with van der Waals surface area (Å²) in [5.41, 5.74) is 6.27. The number of aromatic nitrogens is 1. The molecule has 0 amide bonds. The minimum absolute atomic E-state index is 0.0722. The number of nitrogens with zero attached hydrogens (tertiary/aromatic N) is 1. The van der Waals surface area contributed by atoms with Gasteiger partial charge in [0.05, 0.1) is 11.0 Å². The lowest BCUT2D eigenvalue weighted by Crippen LogP contribution is -2.10. The molecule has 0 spiro atoms. The zero-order valence-electron chi connectivity index (χ0n) is 6.59. The molecule has 0 saturated carbocycles. The number of hydrogen-bond donors (Lipinski definition) is 1. The first-order valence-corrected chi connectivity index (χ1v) is 4.25. The van der Waals surface area contributed by atoms with E-state index in [1.54, 1.807) is 11.3 Å². The third-order valence-electron chi connectivity index (χ3n) is 1.05. The number of rotatable bonds is 0. The van der Waals surface area contributed by atoms with Crippen LogP contribution >= 0.6 is 11.3 Å². The molecule has 0 aliphatic heterocycles. The van der Waals surface area contributed by atoms with E-state index in [0.29, 0.717) is 0 Å². The summed E-state index contributed by atoms with van der Waals surface area (Å²) >= 11 is 1.60. The monoisotopic (exact) mass is 166 g/mol. The third kappa shape index (κ3) is 2.71. The van der Waals surface area contributed by atoms with Gasteiger partial charge in [0, 0.05) is 5.38 Å². The van der Waals surface area contributed by atoms with Crippen LogP contribution in [0.4, 0.5) is 0 Å². The Balaban J connectivity index is 2.74. The second kappa shape index (κ2) is 3.51. The van der Waals surface area contributed by atoms with Crippen molar-refractivity contribution in [1.29, 1.82) is 0 Å². The zero-order valence-corrected chi connectivity index (χ0v) is 7.40. The highest BCUT2D eigenvalue weighted by Crippen LogP contribution is 2.05. The predicted octanol–water partition coefficient (Wildman–Crippen LogP) is 1.15. The molecular weight excluding hydrogens is 156 g/mol. The molecule has 0 aliphatic rings. The third-order valence-corrected chi connectivity index (χ3v) is 1.82. The lowest BCUT2D eigenvalue weighted by Gasteiger charge is -1.86. The molecular formula is C8H10N2S. The lowest BCUT2D eigenvalue weighted by molar-refractivity contribution is 0.959. The van der Waals surface area contributed by atoms with Crippen molar-refractivity contribution in [2.45, 2.75) is 19.9 Å². The van der Waals surface area contributed by atoms with E-state index in [9.17, 15) is 0 Å². The summed E-state index contributed by atoms with van der Waals surface area (Å²) in [7, 11) is 0. The second-order valence-corrected chi connectivity index (χ2v) is 3.37. The van der Waals surface area contributed by atoms with Crippen LogP contribution in [0.3, 0.4) is 0 Å². The fourth-order valence-corrected chi connectivity index (χ4v) is 1.15. The molecule has 3 heteroatoms. The van der Waals surface area contributed by atoms with Crippen LogP contribution in [0.5, 0.6) is 0 Å². The van der Waals surface area contributed by atoms with Crippen molar-refractivity contribution in [3.63, 3.8) is 0 Å². The predicted molar refractivity (Wildman–Crippen MR) is 47.4 cm³/mol. The van der Waals surface area contributed by atoms with Gasteiger partial charge in [-0.25, -0.2) is 4.98 Å². The summed E-state index contributed by atoms with van der Waals surface area (Å²) in [6.07, 6.45) is 0. The largest absolute Gasteiger partial charge is 0.318 e. The van der Waals surface area contributed by atoms with Crippen LogP contribution < -0.4 is 5.73 Å². The first kappa shape index (κ1) is 8.25. The molecule has 0 bridgehead atoms. The summed E-state index contributed by atoms with van der Waals surface area (Å²) in [5.74, 6) is 5.74. The van der Waals surface area contributed by atoms with Crippen LogP contribution in [0.2, 0.25) is 0 Å². The molecule has 0 fully saturated rings. The van der Waals surface area contributed by atoms with E-state index < -0.39 is 0 Å². The molecule has 2 N–H and O–H groups in total. The Morgan fingerprint density at radius 2 is 2.45 bits per heavy atom. The number of hydrogen-bond acceptors (Lipinski definition) is 3. The molecule has 58 valence electrons. The number of nitrogens with two attached hydrogens (primary N) is 1. The van der Waals surface area contributed by atoms with Crippen molar-refractivity contribution in [1.82, 2.24) is 4.98 Å². The molecule has 0 aliphatic carbocycles. The van der Waals surface area contributed by atoms with E-state index in [1.807, 2.05) is 19.2 Å². The Morgan fingerprint density at radius 3 is 2.91 bits per heavy atom. The Hall–Kier alpha value is -0.850. The minimum atomic E-state index is -0.0722. The van der Waals surface area contributed by atoms with Gasteiger partial charge in [-0.2, -0.15) is 0 Å². The van der Waals surface area contributed by atoms with Gasteiger partial charge in [0.25, 0.3) is 0 Å². The molecule has 1 aromatic heterocycles. The van der Waals surface area contributed by atoms with Crippen molar-refractivity contribution < 1.29 is 0 Å². The van der Waals surface area contributed by atoms with E-state index in [1.165, 1.54) is 0 Å². The molecule has 11 heavy (non-hydrogen) atoms. The summed E-state index contributed by atoms with van der Waals surface area (Å²) < 4.78 is 0. The Kier molecular flexibility index (Phi) is 2.64. The van der Waals surface area contributed by atoms with Gasteiger partial charge in [0.2, 0.25) is 0 Å². The maximum atomic E-state index is 5.45. The first-order valence-electron chi connectivity index (χ1n) is 3.38. The fourth-order valence-electron chi connectivity index (χ4n) is 0.609. The molecule has 1 atom stereocenters. The van der Waals surface area contributed by atoms with Gasteiger partial charge in [-0.05, 0) is 19.8 Å². The second-order valence-electron chi connectivity index (χ2n) is 2.31. The summed E-state index contributed by atoms with van der Waals surface area (Å²) in [6.45, 7) is 3.81. The Labute approximate surface area is 70.5 Å². The van der Waals surface area contributed by atoms with E-state index in [2.05, 4.69) is 16.8 Å². The van der Waals surface area contributed by atoms with E-state index >= 15 is 0 Å². The van der Waals surface area contributed by atoms with Crippen LogP contribution in [0.1, 0.15) is 17.6 Å². The molecule has 1 rings (SSSR count). The van der Waals surface area contributed by atoms with Crippen LogP contribution in [0.25, 0.3) is 0 Å². The van der Waals surface area contributed by atoms with Crippen molar-refractivity contribution in [3.8, 4) is 11.8 Å². The van der Waals surface area contributed by atoms with E-state index in [-0.39, 0.29) is 6.04 Å². The normalized spacial score (nSPS) is 11.9. The first-order chi connectivity index (χ1) is 5.18. The van der Waals surface area contributed by atoms with Crippen LogP contribution in [-0.4, -0.2) is 11.0 Å². The van der Waals surface area contributed by atoms with Crippen molar-refractivity contribution in [2.75, 3.05) is 0 Å². The lowest BCUT2D eigenvalue weighted by atomic mass is 10.3. The van der Waals surface area contributed by atoms with E-state index in [4.69, 9.17) is 5.73 Å². The average Bonchev–Trinajstić information content (AvgIpc) is 2.31. The summed E-state index contributed by atoms with van der Waals surface area (Å²) in [5, 5.41) is 2.98. The summed E-state index contributed by atoms with van der Waals surface area (Å²) in [6, 6.07) is -0.0722. The molecule has 0 saturated heterocycles. The SMILES string of the molecule is Cc1nc(C#CC(C)N)cs1. The molecule has 1 unspecified atom stereocenters. The maximum absolute atomic E-state index is 5.45. The van der Waals surface area contributed by atoms with Crippen molar-refractivity contribution in [2.24, 2.45) is 5.73 Å². The Morgan fingerprint density at radius 1 is 1.73 bits per heavy atom. The minimum Gasteiger partial charge on any atom is -0.318 e.